The summed E-state index contributed by atoms with van der Waals surface area (Å²) in [5.74, 6) is -2.16. The van der Waals surface area contributed by atoms with Crippen LogP contribution in [-0.4, -0.2) is 81.1 Å². The molecule has 9 nitrogen and oxygen atoms in total. The van der Waals surface area contributed by atoms with E-state index in [4.69, 9.17) is 11.6 Å². The van der Waals surface area contributed by atoms with Crippen molar-refractivity contribution in [2.75, 3.05) is 31.1 Å². The predicted molar refractivity (Wildman–Crippen MR) is 140 cm³/mol. The molecule has 14 heteroatoms. The summed E-state index contributed by atoms with van der Waals surface area (Å²) < 4.78 is 54.0. The van der Waals surface area contributed by atoms with Crippen LogP contribution in [0.15, 0.2) is 30.5 Å². The lowest BCUT2D eigenvalue weighted by Crippen LogP contribution is -2.52. The van der Waals surface area contributed by atoms with Gasteiger partial charge in [-0.2, -0.15) is 18.3 Å². The molecule has 0 aliphatic carbocycles. The van der Waals surface area contributed by atoms with Gasteiger partial charge in [0.2, 0.25) is 11.8 Å². The standard InChI is InChI=1S/C27H25ClF4N6O3/c28-23-16(29)3-6-20-22(23)26(25(41)38(20)14-21(39)37-9-1-2-15(37)12-27(30,31)32)7-10-36(11-8-26)24(40)18-5-4-17-19(34-18)13-33-35-17/h3-6,13,15H,1-2,7-12,14H2,(H,33,35)/t15-/m1/s1. The minimum atomic E-state index is -4.43. The van der Waals surface area contributed by atoms with Crippen molar-refractivity contribution in [3.05, 3.63) is 52.6 Å². The van der Waals surface area contributed by atoms with E-state index in [0.29, 0.717) is 17.5 Å². The molecule has 5 heterocycles. The zero-order chi connectivity index (χ0) is 29.1. The van der Waals surface area contributed by atoms with Crippen molar-refractivity contribution in [3.8, 4) is 0 Å². The summed E-state index contributed by atoms with van der Waals surface area (Å²) in [6, 6.07) is 4.75. The first-order chi connectivity index (χ1) is 19.5. The highest BCUT2D eigenvalue weighted by molar-refractivity contribution is 6.33. The zero-order valence-corrected chi connectivity index (χ0v) is 22.4. The van der Waals surface area contributed by atoms with E-state index in [1.165, 1.54) is 22.1 Å². The number of H-pyrrole nitrogens is 1. The first-order valence-electron chi connectivity index (χ1n) is 13.2. The number of piperidine rings is 1. The van der Waals surface area contributed by atoms with E-state index in [2.05, 4.69) is 15.2 Å². The summed E-state index contributed by atoms with van der Waals surface area (Å²) in [4.78, 5) is 48.7. The van der Waals surface area contributed by atoms with E-state index in [1.807, 2.05) is 0 Å². The molecule has 1 aromatic carbocycles. The topological polar surface area (TPSA) is 102 Å². The number of nitrogens with one attached hydrogen (secondary N) is 1. The maximum absolute atomic E-state index is 14.7. The Morgan fingerprint density at radius 3 is 2.61 bits per heavy atom. The van der Waals surface area contributed by atoms with Crippen LogP contribution >= 0.6 is 11.6 Å². The molecule has 3 aliphatic heterocycles. The van der Waals surface area contributed by atoms with Crippen molar-refractivity contribution in [2.24, 2.45) is 0 Å². The molecule has 2 saturated heterocycles. The number of likely N-dealkylation sites (tertiary alicyclic amines) is 2. The third-order valence-corrected chi connectivity index (χ3v) is 8.74. The number of pyridine rings is 1. The first-order valence-corrected chi connectivity index (χ1v) is 13.6. The minimum Gasteiger partial charge on any atom is -0.338 e. The number of hydrogen-bond donors (Lipinski definition) is 1. The fourth-order valence-corrected chi connectivity index (χ4v) is 6.73. The molecule has 216 valence electrons. The largest absolute Gasteiger partial charge is 0.391 e. The van der Waals surface area contributed by atoms with E-state index in [9.17, 15) is 31.9 Å². The molecule has 2 aromatic heterocycles. The molecule has 0 saturated carbocycles. The lowest BCUT2D eigenvalue weighted by atomic mass is 9.73. The van der Waals surface area contributed by atoms with Crippen molar-refractivity contribution in [1.29, 1.82) is 0 Å². The second-order valence-corrected chi connectivity index (χ2v) is 11.1. The molecular formula is C27H25ClF4N6O3. The van der Waals surface area contributed by atoms with Gasteiger partial charge in [0.15, 0.2) is 0 Å². The summed E-state index contributed by atoms with van der Waals surface area (Å²) in [7, 11) is 0. The van der Waals surface area contributed by atoms with Gasteiger partial charge in [0, 0.05) is 31.2 Å². The lowest BCUT2D eigenvalue weighted by Gasteiger charge is -2.38. The number of nitrogens with zero attached hydrogens (tertiary/aromatic N) is 5. The Bertz CT molecular complexity index is 1550. The van der Waals surface area contributed by atoms with Gasteiger partial charge in [0.05, 0.1) is 34.3 Å². The van der Waals surface area contributed by atoms with Crippen LogP contribution in [0.3, 0.4) is 0 Å². The van der Waals surface area contributed by atoms with E-state index >= 15 is 0 Å². The first kappa shape index (κ1) is 27.4. The summed E-state index contributed by atoms with van der Waals surface area (Å²) >= 11 is 6.42. The fraction of sp³-hybridized carbons (Fsp3) is 0.444. The van der Waals surface area contributed by atoms with Crippen LogP contribution in [-0.2, 0) is 15.0 Å². The number of aromatic nitrogens is 3. The van der Waals surface area contributed by atoms with Crippen LogP contribution in [0.2, 0.25) is 5.02 Å². The van der Waals surface area contributed by atoms with Crippen molar-refractivity contribution in [1.82, 2.24) is 25.0 Å². The number of halogens is 5. The van der Waals surface area contributed by atoms with E-state index in [-0.39, 0.29) is 66.8 Å². The van der Waals surface area contributed by atoms with E-state index < -0.39 is 48.2 Å². The van der Waals surface area contributed by atoms with Crippen LogP contribution in [0.25, 0.3) is 11.0 Å². The zero-order valence-electron chi connectivity index (χ0n) is 21.7. The Labute approximate surface area is 236 Å². The average Bonchev–Trinajstić information content (AvgIpc) is 3.64. The van der Waals surface area contributed by atoms with Crippen LogP contribution in [0, 0.1) is 5.82 Å². The summed E-state index contributed by atoms with van der Waals surface area (Å²) in [5.41, 5.74) is 0.635. The van der Waals surface area contributed by atoms with Gasteiger partial charge in [-0.05, 0) is 49.9 Å². The van der Waals surface area contributed by atoms with Crippen molar-refractivity contribution >= 4 is 46.0 Å². The minimum absolute atomic E-state index is 0.118. The summed E-state index contributed by atoms with van der Waals surface area (Å²) in [6.45, 7) is -0.0340. The SMILES string of the molecule is O=C(c1ccc2[nH]ncc2n1)N1CCC2(CC1)C(=O)N(CC(=O)N1CCC[C@@H]1CC(F)(F)F)c1ccc(F)c(Cl)c12. The average molecular weight is 593 g/mol. The highest BCUT2D eigenvalue weighted by Crippen LogP contribution is 2.51. The number of anilines is 1. The second kappa shape index (κ2) is 9.97. The van der Waals surface area contributed by atoms with Gasteiger partial charge < -0.3 is 14.7 Å². The Morgan fingerprint density at radius 1 is 1.12 bits per heavy atom. The fourth-order valence-electron chi connectivity index (χ4n) is 6.39. The summed E-state index contributed by atoms with van der Waals surface area (Å²) in [6.07, 6.45) is -3.14. The molecular weight excluding hydrogens is 568 g/mol. The molecule has 1 spiro atoms. The monoisotopic (exact) mass is 592 g/mol. The third kappa shape index (κ3) is 4.69. The van der Waals surface area contributed by atoms with Crippen LogP contribution < -0.4 is 4.90 Å². The molecule has 0 bridgehead atoms. The van der Waals surface area contributed by atoms with Gasteiger partial charge in [-0.15, -0.1) is 0 Å². The molecule has 41 heavy (non-hydrogen) atoms. The summed E-state index contributed by atoms with van der Waals surface area (Å²) in [5, 5.41) is 6.43. The second-order valence-electron chi connectivity index (χ2n) is 10.7. The smallest absolute Gasteiger partial charge is 0.338 e. The van der Waals surface area contributed by atoms with Crippen molar-refractivity contribution in [2.45, 2.75) is 49.7 Å². The quantitative estimate of drug-likeness (QED) is 0.457. The molecule has 1 atom stereocenters. The Hall–Kier alpha value is -3.74. The molecule has 3 amide bonds. The number of alkyl halides is 3. The Morgan fingerprint density at radius 2 is 1.88 bits per heavy atom. The van der Waals surface area contributed by atoms with Gasteiger partial charge in [-0.1, -0.05) is 11.6 Å². The Balaban J connectivity index is 1.24. The number of carbonyl (C=O) groups excluding carboxylic acids is 3. The lowest BCUT2D eigenvalue weighted by molar-refractivity contribution is -0.151. The number of hydrogen-bond acceptors (Lipinski definition) is 5. The number of rotatable bonds is 4. The van der Waals surface area contributed by atoms with Gasteiger partial charge in [-0.3, -0.25) is 19.5 Å². The van der Waals surface area contributed by atoms with Crippen LogP contribution in [0.4, 0.5) is 23.2 Å². The molecule has 0 radical (unpaired) electrons. The maximum Gasteiger partial charge on any atom is 0.391 e. The third-order valence-electron chi connectivity index (χ3n) is 8.37. The van der Waals surface area contributed by atoms with Gasteiger partial charge in [0.1, 0.15) is 23.6 Å². The highest BCUT2D eigenvalue weighted by Gasteiger charge is 2.55. The molecule has 6 rings (SSSR count). The number of carbonyl (C=O) groups is 3. The molecule has 3 aliphatic rings. The normalized spacial score (nSPS) is 20.4. The number of fused-ring (bicyclic) bond motifs is 3. The molecule has 3 aromatic rings. The van der Waals surface area contributed by atoms with E-state index in [1.54, 1.807) is 17.0 Å². The van der Waals surface area contributed by atoms with E-state index in [0.717, 1.165) is 6.07 Å². The van der Waals surface area contributed by atoms with Gasteiger partial charge in [-0.25, -0.2) is 9.37 Å². The maximum atomic E-state index is 14.7. The molecule has 1 N–H and O–H groups in total. The van der Waals surface area contributed by atoms with Gasteiger partial charge in [0.25, 0.3) is 5.91 Å². The number of aromatic amines is 1. The molecule has 0 unspecified atom stereocenters. The highest BCUT2D eigenvalue weighted by atomic mass is 35.5. The van der Waals surface area contributed by atoms with Crippen molar-refractivity contribution in [3.63, 3.8) is 0 Å². The Kier molecular flexibility index (Phi) is 6.67. The predicted octanol–water partition coefficient (Wildman–Crippen LogP) is 4.21. The number of benzene rings is 1. The molecule has 2 fully saturated rings. The van der Waals surface area contributed by atoms with Crippen LogP contribution in [0.1, 0.15) is 48.2 Å². The van der Waals surface area contributed by atoms with Gasteiger partial charge >= 0.3 is 6.18 Å². The van der Waals surface area contributed by atoms with Crippen molar-refractivity contribution < 1.29 is 31.9 Å². The van der Waals surface area contributed by atoms with Crippen LogP contribution in [0.5, 0.6) is 0 Å². The number of amides is 3.